The molecule has 2 rings (SSSR count). The predicted octanol–water partition coefficient (Wildman–Crippen LogP) is 4.38. The van der Waals surface area contributed by atoms with Crippen molar-refractivity contribution in [2.75, 3.05) is 0 Å². The third-order valence-electron chi connectivity index (χ3n) is 2.68. The van der Waals surface area contributed by atoms with Crippen LogP contribution in [0.15, 0.2) is 40.9 Å². The average molecular weight is 293 g/mol. The highest BCUT2D eigenvalue weighted by molar-refractivity contribution is 9.10. The summed E-state index contributed by atoms with van der Waals surface area (Å²) in [6, 6.07) is 9.95. The van der Waals surface area contributed by atoms with Crippen LogP contribution >= 0.6 is 15.9 Å². The van der Waals surface area contributed by atoms with Crippen molar-refractivity contribution in [1.82, 2.24) is 0 Å². The summed E-state index contributed by atoms with van der Waals surface area (Å²) in [5, 5.41) is 0. The minimum Gasteiger partial charge on any atom is -0.298 e. The lowest BCUT2D eigenvalue weighted by Gasteiger charge is -2.09. The van der Waals surface area contributed by atoms with Crippen LogP contribution in [-0.2, 0) is 0 Å². The second kappa shape index (κ2) is 4.80. The summed E-state index contributed by atoms with van der Waals surface area (Å²) in [5.74, 6) is -0.322. The monoisotopic (exact) mass is 292 g/mol. The Bertz CT molecular complexity index is 578. The van der Waals surface area contributed by atoms with Gasteiger partial charge in [-0.2, -0.15) is 0 Å². The van der Waals surface area contributed by atoms with Gasteiger partial charge in [0.2, 0.25) is 0 Å². The van der Waals surface area contributed by atoms with E-state index in [0.717, 1.165) is 21.9 Å². The molecule has 0 fully saturated rings. The molecule has 17 heavy (non-hydrogen) atoms. The lowest BCUT2D eigenvalue weighted by Crippen LogP contribution is -1.91. The first kappa shape index (κ1) is 12.0. The topological polar surface area (TPSA) is 17.1 Å². The van der Waals surface area contributed by atoms with Crippen LogP contribution in [0.2, 0.25) is 0 Å². The molecule has 0 aromatic heterocycles. The van der Waals surface area contributed by atoms with E-state index in [4.69, 9.17) is 0 Å². The van der Waals surface area contributed by atoms with Gasteiger partial charge in [0.15, 0.2) is 0 Å². The summed E-state index contributed by atoms with van der Waals surface area (Å²) in [5.41, 5.74) is 2.67. The predicted molar refractivity (Wildman–Crippen MR) is 69.7 cm³/mol. The molecule has 0 unspecified atom stereocenters. The first-order chi connectivity index (χ1) is 8.13. The fraction of sp³-hybridized carbons (Fsp3) is 0.0714. The van der Waals surface area contributed by atoms with E-state index in [0.29, 0.717) is 11.1 Å². The molecule has 0 radical (unpaired) electrons. The zero-order valence-electron chi connectivity index (χ0n) is 9.21. The molecule has 1 nitrogen and oxygen atoms in total. The molecule has 2 aromatic rings. The van der Waals surface area contributed by atoms with E-state index < -0.39 is 0 Å². The molecule has 0 bridgehead atoms. The number of carbonyl (C=O) groups excluding carboxylic acids is 1. The number of benzene rings is 2. The van der Waals surface area contributed by atoms with Crippen molar-refractivity contribution in [3.8, 4) is 11.1 Å². The molecule has 0 saturated heterocycles. The molecule has 2 aromatic carbocycles. The molecule has 0 aliphatic rings. The Labute approximate surface area is 107 Å². The van der Waals surface area contributed by atoms with Crippen LogP contribution in [0.3, 0.4) is 0 Å². The molecule has 0 saturated carbocycles. The van der Waals surface area contributed by atoms with Gasteiger partial charge in [0.05, 0.1) is 0 Å². The SMILES string of the molecule is Cc1c(Br)cccc1-c1cc(C=O)ccc1F. The van der Waals surface area contributed by atoms with Crippen molar-refractivity contribution < 1.29 is 9.18 Å². The third kappa shape index (κ3) is 2.29. The Morgan fingerprint density at radius 1 is 1.18 bits per heavy atom. The highest BCUT2D eigenvalue weighted by Crippen LogP contribution is 2.30. The van der Waals surface area contributed by atoms with E-state index >= 15 is 0 Å². The lowest BCUT2D eigenvalue weighted by molar-refractivity contribution is 0.112. The summed E-state index contributed by atoms with van der Waals surface area (Å²) >= 11 is 3.41. The van der Waals surface area contributed by atoms with Gasteiger partial charge >= 0.3 is 0 Å². The summed E-state index contributed by atoms with van der Waals surface area (Å²) < 4.78 is 14.7. The molecule has 0 atom stereocenters. The van der Waals surface area contributed by atoms with E-state index in [1.165, 1.54) is 12.1 Å². The maximum absolute atomic E-state index is 13.8. The normalized spacial score (nSPS) is 10.3. The maximum atomic E-state index is 13.8. The fourth-order valence-corrected chi connectivity index (χ4v) is 2.09. The minimum atomic E-state index is -0.322. The molecular weight excluding hydrogens is 283 g/mol. The number of rotatable bonds is 2. The van der Waals surface area contributed by atoms with Crippen LogP contribution in [0.5, 0.6) is 0 Å². The maximum Gasteiger partial charge on any atom is 0.150 e. The van der Waals surface area contributed by atoms with E-state index in [2.05, 4.69) is 15.9 Å². The molecule has 0 N–H and O–H groups in total. The zero-order chi connectivity index (χ0) is 12.4. The molecule has 86 valence electrons. The van der Waals surface area contributed by atoms with Crippen molar-refractivity contribution in [2.24, 2.45) is 0 Å². The Balaban J connectivity index is 2.67. The summed E-state index contributed by atoms with van der Waals surface area (Å²) in [6.07, 6.45) is 0.719. The molecule has 0 aliphatic heterocycles. The van der Waals surface area contributed by atoms with Gasteiger partial charge in [-0.1, -0.05) is 28.1 Å². The summed E-state index contributed by atoms with van der Waals surface area (Å²) in [7, 11) is 0. The largest absolute Gasteiger partial charge is 0.298 e. The fourth-order valence-electron chi connectivity index (χ4n) is 1.72. The highest BCUT2D eigenvalue weighted by atomic mass is 79.9. The van der Waals surface area contributed by atoms with Crippen LogP contribution in [-0.4, -0.2) is 6.29 Å². The lowest BCUT2D eigenvalue weighted by atomic mass is 9.98. The van der Waals surface area contributed by atoms with Crippen molar-refractivity contribution in [3.05, 3.63) is 57.8 Å². The smallest absolute Gasteiger partial charge is 0.150 e. The number of hydrogen-bond acceptors (Lipinski definition) is 1. The van der Waals surface area contributed by atoms with E-state index in [1.807, 2.05) is 25.1 Å². The summed E-state index contributed by atoms with van der Waals surface area (Å²) in [4.78, 5) is 10.7. The number of aldehydes is 1. The van der Waals surface area contributed by atoms with Gasteiger partial charge in [-0.25, -0.2) is 4.39 Å². The van der Waals surface area contributed by atoms with Gasteiger partial charge in [0.25, 0.3) is 0 Å². The van der Waals surface area contributed by atoms with E-state index in [-0.39, 0.29) is 5.82 Å². The highest BCUT2D eigenvalue weighted by Gasteiger charge is 2.10. The van der Waals surface area contributed by atoms with Gasteiger partial charge < -0.3 is 0 Å². The van der Waals surface area contributed by atoms with Crippen LogP contribution in [0.4, 0.5) is 4.39 Å². The van der Waals surface area contributed by atoms with Gasteiger partial charge in [0, 0.05) is 15.6 Å². The third-order valence-corrected chi connectivity index (χ3v) is 3.54. The molecule has 0 amide bonds. The Hall–Kier alpha value is -1.48. The number of carbonyl (C=O) groups is 1. The number of halogens is 2. The Kier molecular flexibility index (Phi) is 3.38. The molecule has 3 heteroatoms. The quantitative estimate of drug-likeness (QED) is 0.751. The second-order valence-electron chi connectivity index (χ2n) is 3.77. The number of hydrogen-bond donors (Lipinski definition) is 0. The standard InChI is InChI=1S/C14H10BrFO/c1-9-11(3-2-4-13(9)15)12-7-10(8-17)5-6-14(12)16/h2-8H,1H3. The van der Waals surface area contributed by atoms with E-state index in [1.54, 1.807) is 6.07 Å². The van der Waals surface area contributed by atoms with Crippen molar-refractivity contribution in [1.29, 1.82) is 0 Å². The van der Waals surface area contributed by atoms with Crippen LogP contribution in [0, 0.1) is 12.7 Å². The zero-order valence-corrected chi connectivity index (χ0v) is 10.8. The minimum absolute atomic E-state index is 0.322. The molecule has 0 spiro atoms. The molecule has 0 heterocycles. The van der Waals surface area contributed by atoms with Crippen molar-refractivity contribution >= 4 is 22.2 Å². The second-order valence-corrected chi connectivity index (χ2v) is 4.62. The first-order valence-electron chi connectivity index (χ1n) is 5.13. The van der Waals surface area contributed by atoms with E-state index in [9.17, 15) is 9.18 Å². The Morgan fingerprint density at radius 3 is 2.65 bits per heavy atom. The first-order valence-corrected chi connectivity index (χ1v) is 5.93. The summed E-state index contributed by atoms with van der Waals surface area (Å²) in [6.45, 7) is 1.91. The molecular formula is C14H10BrFO. The van der Waals surface area contributed by atoms with Gasteiger partial charge in [-0.05, 0) is 42.3 Å². The van der Waals surface area contributed by atoms with Gasteiger partial charge in [-0.3, -0.25) is 4.79 Å². The Morgan fingerprint density at radius 2 is 1.94 bits per heavy atom. The van der Waals surface area contributed by atoms with Crippen molar-refractivity contribution in [2.45, 2.75) is 6.92 Å². The average Bonchev–Trinajstić information content (AvgIpc) is 2.34. The van der Waals surface area contributed by atoms with Gasteiger partial charge in [-0.15, -0.1) is 0 Å². The van der Waals surface area contributed by atoms with Crippen molar-refractivity contribution in [3.63, 3.8) is 0 Å². The van der Waals surface area contributed by atoms with Gasteiger partial charge in [0.1, 0.15) is 12.1 Å². The molecule has 0 aliphatic carbocycles. The van der Waals surface area contributed by atoms with Crippen LogP contribution in [0.25, 0.3) is 11.1 Å². The van der Waals surface area contributed by atoms with Crippen LogP contribution in [0.1, 0.15) is 15.9 Å². The van der Waals surface area contributed by atoms with Crippen LogP contribution < -0.4 is 0 Å².